The maximum absolute atomic E-state index is 12.4. The summed E-state index contributed by atoms with van der Waals surface area (Å²) < 4.78 is 24.9. The van der Waals surface area contributed by atoms with Gasteiger partial charge >= 0.3 is 0 Å². The fourth-order valence-electron chi connectivity index (χ4n) is 2.22. The van der Waals surface area contributed by atoms with Crippen LogP contribution >= 0.6 is 0 Å². The predicted molar refractivity (Wildman–Crippen MR) is 89.2 cm³/mol. The van der Waals surface area contributed by atoms with Crippen molar-refractivity contribution in [3.05, 3.63) is 83.6 Å². The smallest absolute Gasteiger partial charge is 0.225 e. The van der Waals surface area contributed by atoms with Gasteiger partial charge in [-0.05, 0) is 36.4 Å². The number of hydrogen-bond acceptors (Lipinski definition) is 6. The lowest BCUT2D eigenvalue weighted by Crippen LogP contribution is -2.06. The van der Waals surface area contributed by atoms with Gasteiger partial charge in [-0.1, -0.05) is 24.3 Å². The van der Waals surface area contributed by atoms with Crippen LogP contribution in [0, 0.1) is 0 Å². The van der Waals surface area contributed by atoms with E-state index in [9.17, 15) is 18.0 Å². The van der Waals surface area contributed by atoms with E-state index in [0.717, 1.165) is 0 Å². The first-order chi connectivity index (χ1) is 12.0. The molecule has 1 aromatic heterocycles. The van der Waals surface area contributed by atoms with Gasteiger partial charge in [0.1, 0.15) is 6.29 Å². The number of rotatable bonds is 5. The molecule has 0 aliphatic rings. The number of nitrogens with zero attached hydrogens (tertiary/aromatic N) is 2. The minimum atomic E-state index is -3.78. The highest BCUT2D eigenvalue weighted by Gasteiger charge is 2.20. The molecule has 7 heteroatoms. The van der Waals surface area contributed by atoms with Gasteiger partial charge in [-0.2, -0.15) is 5.10 Å². The Balaban J connectivity index is 1.89. The molecule has 2 aromatic carbocycles. The van der Waals surface area contributed by atoms with E-state index in [0.29, 0.717) is 23.0 Å². The van der Waals surface area contributed by atoms with Crippen molar-refractivity contribution < 1.29 is 18.0 Å². The van der Waals surface area contributed by atoms with Crippen molar-refractivity contribution in [3.8, 4) is 0 Å². The Morgan fingerprint density at radius 1 is 0.880 bits per heavy atom. The molecular formula is C18H12N2O4S. The molecule has 0 aliphatic heterocycles. The van der Waals surface area contributed by atoms with E-state index in [4.69, 9.17) is 0 Å². The zero-order valence-corrected chi connectivity index (χ0v) is 13.7. The topological polar surface area (TPSA) is 94.1 Å². The van der Waals surface area contributed by atoms with Crippen LogP contribution in [0.3, 0.4) is 0 Å². The lowest BCUT2D eigenvalue weighted by Gasteiger charge is -2.05. The van der Waals surface area contributed by atoms with E-state index in [-0.39, 0.29) is 15.7 Å². The number of benzene rings is 2. The van der Waals surface area contributed by atoms with Crippen LogP contribution < -0.4 is 0 Å². The molecule has 25 heavy (non-hydrogen) atoms. The van der Waals surface area contributed by atoms with Gasteiger partial charge in [0, 0.05) is 22.9 Å². The second-order valence-corrected chi connectivity index (χ2v) is 7.06. The van der Waals surface area contributed by atoms with E-state index >= 15 is 0 Å². The summed E-state index contributed by atoms with van der Waals surface area (Å²) in [6.07, 6.45) is 2.08. The third-order valence-electron chi connectivity index (χ3n) is 3.56. The summed E-state index contributed by atoms with van der Waals surface area (Å²) in [5.41, 5.74) is 1.23. The number of aldehydes is 1. The summed E-state index contributed by atoms with van der Waals surface area (Å²) in [7, 11) is -3.78. The summed E-state index contributed by atoms with van der Waals surface area (Å²) in [6.45, 7) is 0. The fourth-order valence-corrected chi connectivity index (χ4v) is 3.36. The second kappa shape index (κ2) is 6.74. The molecule has 0 saturated carbocycles. The van der Waals surface area contributed by atoms with Gasteiger partial charge < -0.3 is 0 Å². The van der Waals surface area contributed by atoms with Crippen LogP contribution in [0.2, 0.25) is 0 Å². The van der Waals surface area contributed by atoms with Crippen LogP contribution in [0.4, 0.5) is 0 Å². The molecule has 0 saturated heterocycles. The molecule has 0 unspecified atom stereocenters. The minimum absolute atomic E-state index is 0.0286. The number of carbonyl (C=O) groups is 2. The summed E-state index contributed by atoms with van der Waals surface area (Å²) in [6, 6.07) is 14.6. The number of carbonyl (C=O) groups excluding carboxylic acids is 2. The molecule has 0 radical (unpaired) electrons. The second-order valence-electron chi connectivity index (χ2n) is 5.16. The Labute approximate surface area is 144 Å². The van der Waals surface area contributed by atoms with Crippen LogP contribution in [0.25, 0.3) is 0 Å². The predicted octanol–water partition coefficient (Wildman–Crippen LogP) is 2.35. The average Bonchev–Trinajstić information content (AvgIpc) is 2.68. The SMILES string of the molecule is O=Cc1ccc(C(=O)c2ccc(S(=O)(=O)c3cccnn3)cc2)cc1. The Kier molecular flexibility index (Phi) is 4.49. The third kappa shape index (κ3) is 3.36. The van der Waals surface area contributed by atoms with Crippen LogP contribution in [-0.2, 0) is 9.84 Å². The Bertz CT molecular complexity index is 1010. The van der Waals surface area contributed by atoms with Crippen LogP contribution in [0.15, 0.2) is 76.8 Å². The maximum atomic E-state index is 12.4. The molecule has 1 heterocycles. The summed E-state index contributed by atoms with van der Waals surface area (Å²) in [5.74, 6) is -0.263. The molecule has 0 bridgehead atoms. The normalized spacial score (nSPS) is 11.0. The first-order valence-corrected chi connectivity index (χ1v) is 8.73. The monoisotopic (exact) mass is 352 g/mol. The van der Waals surface area contributed by atoms with Crippen LogP contribution in [0.1, 0.15) is 26.3 Å². The molecular weight excluding hydrogens is 340 g/mol. The van der Waals surface area contributed by atoms with Gasteiger partial charge in [0.15, 0.2) is 10.8 Å². The third-order valence-corrected chi connectivity index (χ3v) is 5.22. The minimum Gasteiger partial charge on any atom is -0.298 e. The van der Waals surface area contributed by atoms with Crippen molar-refractivity contribution in [1.29, 1.82) is 0 Å². The van der Waals surface area contributed by atoms with Gasteiger partial charge in [0.2, 0.25) is 9.84 Å². The summed E-state index contributed by atoms with van der Waals surface area (Å²) in [5, 5.41) is 7.03. The van der Waals surface area contributed by atoms with Gasteiger partial charge in [0.05, 0.1) is 4.90 Å². The zero-order chi connectivity index (χ0) is 17.9. The van der Waals surface area contributed by atoms with Crippen molar-refractivity contribution >= 4 is 21.9 Å². The maximum Gasteiger partial charge on any atom is 0.225 e. The average molecular weight is 352 g/mol. The highest BCUT2D eigenvalue weighted by Crippen LogP contribution is 2.20. The van der Waals surface area contributed by atoms with E-state index < -0.39 is 9.84 Å². The molecule has 0 N–H and O–H groups in total. The molecule has 0 spiro atoms. The van der Waals surface area contributed by atoms with Crippen molar-refractivity contribution in [2.45, 2.75) is 9.92 Å². The van der Waals surface area contributed by atoms with Crippen molar-refractivity contribution in [2.24, 2.45) is 0 Å². The Hall–Kier alpha value is -3.19. The molecule has 3 rings (SSSR count). The first kappa shape index (κ1) is 16.7. The lowest BCUT2D eigenvalue weighted by atomic mass is 10.0. The molecule has 0 aliphatic carbocycles. The van der Waals surface area contributed by atoms with Crippen molar-refractivity contribution in [3.63, 3.8) is 0 Å². The Morgan fingerprint density at radius 2 is 1.48 bits per heavy atom. The standard InChI is InChI=1S/C18H12N2O4S/c21-12-13-3-5-14(6-4-13)18(22)15-7-9-16(10-8-15)25(23,24)17-2-1-11-19-20-17/h1-12H. The van der Waals surface area contributed by atoms with Crippen LogP contribution in [0.5, 0.6) is 0 Å². The first-order valence-electron chi connectivity index (χ1n) is 7.25. The molecule has 6 nitrogen and oxygen atoms in total. The number of ketones is 1. The van der Waals surface area contributed by atoms with Gasteiger partial charge in [0.25, 0.3) is 0 Å². The molecule has 0 atom stereocenters. The van der Waals surface area contributed by atoms with Crippen molar-refractivity contribution in [1.82, 2.24) is 10.2 Å². The van der Waals surface area contributed by atoms with Crippen molar-refractivity contribution in [2.75, 3.05) is 0 Å². The summed E-state index contributed by atoms with van der Waals surface area (Å²) in [4.78, 5) is 23.1. The molecule has 124 valence electrons. The van der Waals surface area contributed by atoms with Crippen LogP contribution in [-0.4, -0.2) is 30.7 Å². The van der Waals surface area contributed by atoms with Gasteiger partial charge in [-0.3, -0.25) is 9.59 Å². The number of sulfone groups is 1. The number of hydrogen-bond donors (Lipinski definition) is 0. The van der Waals surface area contributed by atoms with E-state index in [1.165, 1.54) is 42.6 Å². The van der Waals surface area contributed by atoms with Gasteiger partial charge in [-0.25, -0.2) is 8.42 Å². The Morgan fingerprint density at radius 3 is 2.00 bits per heavy atom. The molecule has 0 amide bonds. The fraction of sp³-hybridized carbons (Fsp3) is 0. The van der Waals surface area contributed by atoms with E-state index in [1.807, 2.05) is 0 Å². The molecule has 0 fully saturated rings. The van der Waals surface area contributed by atoms with Gasteiger partial charge in [-0.15, -0.1) is 5.10 Å². The quantitative estimate of drug-likeness (QED) is 0.517. The highest BCUT2D eigenvalue weighted by atomic mass is 32.2. The van der Waals surface area contributed by atoms with E-state index in [1.54, 1.807) is 24.3 Å². The molecule has 3 aromatic rings. The highest BCUT2D eigenvalue weighted by molar-refractivity contribution is 7.91. The van der Waals surface area contributed by atoms with E-state index in [2.05, 4.69) is 10.2 Å². The largest absolute Gasteiger partial charge is 0.298 e. The zero-order valence-electron chi connectivity index (χ0n) is 12.9. The summed E-state index contributed by atoms with van der Waals surface area (Å²) >= 11 is 0. The number of aromatic nitrogens is 2. The lowest BCUT2D eigenvalue weighted by molar-refractivity contribution is 0.103.